The van der Waals surface area contributed by atoms with Gasteiger partial charge in [-0.05, 0) is 18.2 Å². The first kappa shape index (κ1) is 15.5. The summed E-state index contributed by atoms with van der Waals surface area (Å²) in [5, 5.41) is 24.7. The van der Waals surface area contributed by atoms with E-state index in [1.54, 1.807) is 12.1 Å². The van der Waals surface area contributed by atoms with Crippen molar-refractivity contribution in [1.82, 2.24) is 0 Å². The van der Waals surface area contributed by atoms with Crippen LogP contribution in [0.2, 0.25) is 0 Å². The van der Waals surface area contributed by atoms with Crippen molar-refractivity contribution in [2.24, 2.45) is 0 Å². The number of rotatable bonds is 5. The first-order valence-corrected chi connectivity index (χ1v) is 7.10. The van der Waals surface area contributed by atoms with Crippen LogP contribution in [-0.2, 0) is 0 Å². The predicted octanol–water partition coefficient (Wildman–Crippen LogP) is 2.75. The zero-order chi connectivity index (χ0) is 17.1. The van der Waals surface area contributed by atoms with Gasteiger partial charge in [-0.1, -0.05) is 12.1 Å². The number of non-ortho nitro benzene ring substituents is 1. The van der Waals surface area contributed by atoms with Crippen LogP contribution in [0.5, 0.6) is 11.5 Å². The molecule has 0 saturated carbocycles. The maximum absolute atomic E-state index is 11.1. The maximum atomic E-state index is 11.1. The monoisotopic (exact) mass is 331 g/mol. The minimum Gasteiger partial charge on any atom is -0.486 e. The first-order valence-electron chi connectivity index (χ1n) is 7.10. The van der Waals surface area contributed by atoms with Crippen LogP contribution in [0.15, 0.2) is 42.5 Å². The Morgan fingerprint density at radius 3 is 2.54 bits per heavy atom. The SMILES string of the molecule is O=[N+]([O-])c1ccc(NCC2COc3ccccc3O2)c([N+](=O)[O-])c1. The van der Waals surface area contributed by atoms with Crippen molar-refractivity contribution in [2.45, 2.75) is 6.10 Å². The quantitative estimate of drug-likeness (QED) is 0.661. The van der Waals surface area contributed by atoms with Gasteiger partial charge in [-0.2, -0.15) is 0 Å². The molecular weight excluding hydrogens is 318 g/mol. The van der Waals surface area contributed by atoms with Crippen LogP contribution < -0.4 is 14.8 Å². The average molecular weight is 331 g/mol. The molecule has 0 bridgehead atoms. The summed E-state index contributed by atoms with van der Waals surface area (Å²) in [6, 6.07) is 10.7. The number of nitro benzene ring substituents is 2. The molecule has 1 unspecified atom stereocenters. The molecule has 1 atom stereocenters. The lowest BCUT2D eigenvalue weighted by Gasteiger charge is -2.26. The smallest absolute Gasteiger partial charge is 0.299 e. The fourth-order valence-corrected chi connectivity index (χ4v) is 2.32. The number of ether oxygens (including phenoxy) is 2. The molecule has 1 N–H and O–H groups in total. The van der Waals surface area contributed by atoms with Gasteiger partial charge in [-0.25, -0.2) is 0 Å². The standard InChI is InChI=1S/C15H13N3O6/c19-17(20)10-5-6-12(13(7-10)18(21)22)16-8-11-9-23-14-3-1-2-4-15(14)24-11/h1-7,11,16H,8-9H2. The molecule has 0 fully saturated rings. The lowest BCUT2D eigenvalue weighted by atomic mass is 10.2. The van der Waals surface area contributed by atoms with Crippen LogP contribution in [0.1, 0.15) is 0 Å². The highest BCUT2D eigenvalue weighted by Gasteiger charge is 2.23. The molecule has 9 nitrogen and oxygen atoms in total. The number of hydrogen-bond donors (Lipinski definition) is 1. The Kier molecular flexibility index (Phi) is 4.15. The minimum atomic E-state index is -0.675. The van der Waals surface area contributed by atoms with Crippen LogP contribution in [0.4, 0.5) is 17.1 Å². The maximum Gasteiger partial charge on any atom is 0.299 e. The van der Waals surface area contributed by atoms with Crippen molar-refractivity contribution in [3.63, 3.8) is 0 Å². The summed E-state index contributed by atoms with van der Waals surface area (Å²) in [5.41, 5.74) is -0.507. The Hall–Kier alpha value is -3.36. The second-order valence-electron chi connectivity index (χ2n) is 5.09. The van der Waals surface area contributed by atoms with Gasteiger partial charge < -0.3 is 14.8 Å². The third-order valence-electron chi connectivity index (χ3n) is 3.48. The average Bonchev–Trinajstić information content (AvgIpc) is 2.59. The summed E-state index contributed by atoms with van der Waals surface area (Å²) in [5.74, 6) is 1.25. The molecule has 0 aromatic heterocycles. The minimum absolute atomic E-state index is 0.188. The second kappa shape index (κ2) is 6.41. The van der Waals surface area contributed by atoms with E-state index in [1.165, 1.54) is 12.1 Å². The first-order chi connectivity index (χ1) is 11.5. The van der Waals surface area contributed by atoms with Crippen molar-refractivity contribution < 1.29 is 19.3 Å². The van der Waals surface area contributed by atoms with Crippen LogP contribution in [0.3, 0.4) is 0 Å². The third-order valence-corrected chi connectivity index (χ3v) is 3.48. The van der Waals surface area contributed by atoms with Crippen LogP contribution >= 0.6 is 0 Å². The van der Waals surface area contributed by atoms with Gasteiger partial charge in [0.05, 0.1) is 22.5 Å². The molecule has 0 saturated heterocycles. The van der Waals surface area contributed by atoms with E-state index in [9.17, 15) is 20.2 Å². The number of nitrogens with zero attached hydrogens (tertiary/aromatic N) is 2. The fraction of sp³-hybridized carbons (Fsp3) is 0.200. The predicted molar refractivity (Wildman–Crippen MR) is 84.6 cm³/mol. The number of para-hydroxylation sites is 2. The molecule has 0 spiro atoms. The van der Waals surface area contributed by atoms with Crippen LogP contribution in [0.25, 0.3) is 0 Å². The van der Waals surface area contributed by atoms with Gasteiger partial charge in [0.1, 0.15) is 18.4 Å². The van der Waals surface area contributed by atoms with Crippen LogP contribution in [0, 0.1) is 20.2 Å². The van der Waals surface area contributed by atoms with Crippen LogP contribution in [-0.4, -0.2) is 29.1 Å². The van der Waals surface area contributed by atoms with Crippen molar-refractivity contribution in [1.29, 1.82) is 0 Å². The Labute approximate surface area is 136 Å². The summed E-state index contributed by atoms with van der Waals surface area (Å²) in [6.07, 6.45) is -0.338. The van der Waals surface area contributed by atoms with Crippen molar-refractivity contribution in [2.75, 3.05) is 18.5 Å². The second-order valence-corrected chi connectivity index (χ2v) is 5.09. The zero-order valence-corrected chi connectivity index (χ0v) is 12.4. The van der Waals surface area contributed by atoms with Gasteiger partial charge in [0.2, 0.25) is 0 Å². The number of fused-ring (bicyclic) bond motifs is 1. The molecule has 0 radical (unpaired) electrons. The van der Waals surface area contributed by atoms with E-state index in [4.69, 9.17) is 9.47 Å². The molecule has 1 heterocycles. The zero-order valence-electron chi connectivity index (χ0n) is 12.4. The van der Waals surface area contributed by atoms with Gasteiger partial charge in [0.15, 0.2) is 11.5 Å². The normalized spacial score (nSPS) is 15.6. The van der Waals surface area contributed by atoms with Gasteiger partial charge >= 0.3 is 0 Å². The largest absolute Gasteiger partial charge is 0.486 e. The lowest BCUT2D eigenvalue weighted by molar-refractivity contribution is -0.393. The van der Waals surface area contributed by atoms with Crippen molar-refractivity contribution in [3.8, 4) is 11.5 Å². The lowest BCUT2D eigenvalue weighted by Crippen LogP contribution is -2.35. The number of benzene rings is 2. The van der Waals surface area contributed by atoms with E-state index in [1.807, 2.05) is 12.1 Å². The highest BCUT2D eigenvalue weighted by molar-refractivity contribution is 5.65. The Morgan fingerprint density at radius 1 is 1.08 bits per heavy atom. The van der Waals surface area contributed by atoms with Gasteiger partial charge in [-0.15, -0.1) is 0 Å². The molecule has 0 amide bonds. The summed E-state index contributed by atoms with van der Waals surface area (Å²) in [4.78, 5) is 20.5. The van der Waals surface area contributed by atoms with Crippen molar-refractivity contribution in [3.05, 3.63) is 62.7 Å². The van der Waals surface area contributed by atoms with Crippen molar-refractivity contribution >= 4 is 17.1 Å². The topological polar surface area (TPSA) is 117 Å². The molecule has 1 aliphatic rings. The van der Waals surface area contributed by atoms with Gasteiger partial charge in [0.25, 0.3) is 11.4 Å². The molecule has 9 heteroatoms. The number of hydrogen-bond acceptors (Lipinski definition) is 7. The summed E-state index contributed by atoms with van der Waals surface area (Å²) < 4.78 is 11.3. The Balaban J connectivity index is 1.71. The molecule has 2 aromatic rings. The number of nitro groups is 2. The van der Waals surface area contributed by atoms with Gasteiger partial charge in [-0.3, -0.25) is 20.2 Å². The highest BCUT2D eigenvalue weighted by Crippen LogP contribution is 2.32. The molecule has 124 valence electrons. The van der Waals surface area contributed by atoms with E-state index in [2.05, 4.69) is 5.32 Å². The van der Waals surface area contributed by atoms with E-state index in [0.29, 0.717) is 18.1 Å². The molecule has 0 aliphatic carbocycles. The Morgan fingerprint density at radius 2 is 1.83 bits per heavy atom. The number of nitrogens with one attached hydrogen (secondary N) is 1. The van der Waals surface area contributed by atoms with E-state index >= 15 is 0 Å². The fourth-order valence-electron chi connectivity index (χ4n) is 2.32. The molecule has 24 heavy (non-hydrogen) atoms. The third kappa shape index (κ3) is 3.19. The summed E-state index contributed by atoms with van der Waals surface area (Å²) in [7, 11) is 0. The van der Waals surface area contributed by atoms with Gasteiger partial charge in [0, 0.05) is 6.07 Å². The summed E-state index contributed by atoms with van der Waals surface area (Å²) >= 11 is 0. The molecular formula is C15H13N3O6. The molecule has 3 rings (SSSR count). The van der Waals surface area contributed by atoms with E-state index in [0.717, 1.165) is 6.07 Å². The highest BCUT2D eigenvalue weighted by atomic mass is 16.6. The summed E-state index contributed by atoms with van der Waals surface area (Å²) in [6.45, 7) is 0.553. The van der Waals surface area contributed by atoms with E-state index in [-0.39, 0.29) is 29.7 Å². The molecule has 2 aromatic carbocycles. The Bertz CT molecular complexity index is 795. The molecule has 1 aliphatic heterocycles. The van der Waals surface area contributed by atoms with E-state index < -0.39 is 9.85 Å². The number of anilines is 1.